The summed E-state index contributed by atoms with van der Waals surface area (Å²) in [4.78, 5) is 16.3. The summed E-state index contributed by atoms with van der Waals surface area (Å²) in [5.41, 5.74) is 21.3. The standard InChI is InChI=1S/C19H14O.C19H14S.C18H15N.C13H11N.3C6H7N/c2*1-13-9-11-14(12-10-13)15-6-4-7-17-16-5-2-3-8-18(16)20-19(15)17;1-14-12-17(15-8-4-2-5-9-15)13-18(19-14)16-10-6-3-7-11-16;1-14-12-8-4-2-6-10(12)11-7-3-5-9-13(11)14;1-6-2-4-7-5-3-6;1-6-3-2-4-7-5-6;1-6-4-2-3-5-7-6/h2*2-12H,1H3;2-13H,1H3;2-9H,1H3;3*2-5H,1H3. The van der Waals surface area contributed by atoms with Crippen molar-refractivity contribution in [2.24, 2.45) is 7.05 Å². The predicted octanol–water partition coefficient (Wildman–Crippen LogP) is 23.8. The Hall–Kier alpha value is -11.4. The van der Waals surface area contributed by atoms with Gasteiger partial charge in [0.2, 0.25) is 0 Å². The summed E-state index contributed by atoms with van der Waals surface area (Å²) in [6.45, 7) is 12.3. The summed E-state index contributed by atoms with van der Waals surface area (Å²) in [6, 6.07) is 103. The molecule has 460 valence electrons. The topological polar surface area (TPSA) is 69.6 Å². The number of hydrogen-bond acceptors (Lipinski definition) is 6. The maximum absolute atomic E-state index is 6.07. The van der Waals surface area contributed by atoms with Crippen molar-refractivity contribution in [3.8, 4) is 44.6 Å². The van der Waals surface area contributed by atoms with Gasteiger partial charge in [0.15, 0.2) is 0 Å². The summed E-state index contributed by atoms with van der Waals surface area (Å²) >= 11 is 1.89. The second-order valence-corrected chi connectivity index (χ2v) is 24.1. The van der Waals surface area contributed by atoms with Crippen LogP contribution < -0.4 is 0 Å². The quantitative estimate of drug-likeness (QED) is 0.176. The molecule has 7 aromatic heterocycles. The Morgan fingerprint density at radius 3 is 1.43 bits per heavy atom. The number of thiophene rings is 1. The van der Waals surface area contributed by atoms with E-state index in [1.165, 1.54) is 103 Å². The highest BCUT2D eigenvalue weighted by atomic mass is 32.1. The molecule has 0 saturated heterocycles. The number of aromatic nitrogens is 5. The molecule has 94 heavy (non-hydrogen) atoms. The second kappa shape index (κ2) is 31.6. The van der Waals surface area contributed by atoms with Gasteiger partial charge in [-0.25, -0.2) is 0 Å². The van der Waals surface area contributed by atoms with E-state index in [4.69, 9.17) is 4.42 Å². The Morgan fingerprint density at radius 1 is 0.330 bits per heavy atom. The summed E-state index contributed by atoms with van der Waals surface area (Å²) < 4.78 is 11.1. The van der Waals surface area contributed by atoms with Gasteiger partial charge in [0.1, 0.15) is 11.2 Å². The minimum absolute atomic E-state index is 0.946. The van der Waals surface area contributed by atoms with Gasteiger partial charge in [-0.05, 0) is 147 Å². The van der Waals surface area contributed by atoms with Gasteiger partial charge in [0.25, 0.3) is 0 Å². The van der Waals surface area contributed by atoms with E-state index in [1.54, 1.807) is 24.8 Å². The Kier molecular flexibility index (Phi) is 21.6. The molecule has 0 unspecified atom stereocenters. The van der Waals surface area contributed by atoms with Crippen molar-refractivity contribution in [2.75, 3.05) is 0 Å². The normalized spacial score (nSPS) is 10.5. The van der Waals surface area contributed by atoms with Crippen LogP contribution in [0.2, 0.25) is 0 Å². The van der Waals surface area contributed by atoms with Crippen LogP contribution in [0.4, 0.5) is 0 Å². The lowest BCUT2D eigenvalue weighted by atomic mass is 10.0. The summed E-state index contributed by atoms with van der Waals surface area (Å²) in [5, 5.41) is 7.76. The first kappa shape index (κ1) is 64.2. The van der Waals surface area contributed by atoms with Crippen molar-refractivity contribution in [1.29, 1.82) is 0 Å². The van der Waals surface area contributed by atoms with Crippen LogP contribution in [0.25, 0.3) is 109 Å². The average molecular weight is 1240 g/mol. The zero-order valence-corrected chi connectivity index (χ0v) is 55.0. The Bertz CT molecular complexity index is 4830. The van der Waals surface area contributed by atoms with Crippen LogP contribution in [0.3, 0.4) is 0 Å². The van der Waals surface area contributed by atoms with Crippen LogP contribution in [0, 0.1) is 41.5 Å². The molecule has 0 aliphatic heterocycles. The molecule has 0 aliphatic carbocycles. The lowest BCUT2D eigenvalue weighted by molar-refractivity contribution is 0.670. The highest BCUT2D eigenvalue weighted by Gasteiger charge is 2.13. The third-order valence-corrected chi connectivity index (χ3v) is 17.2. The molecule has 0 saturated carbocycles. The monoisotopic (exact) mass is 1240 g/mol. The average Bonchev–Trinajstić information content (AvgIpc) is 1.64. The van der Waals surface area contributed by atoms with E-state index in [-0.39, 0.29) is 0 Å². The molecule has 0 N–H and O–H groups in total. The van der Waals surface area contributed by atoms with Gasteiger partial charge < -0.3 is 8.98 Å². The second-order valence-electron chi connectivity index (χ2n) is 23.0. The molecule has 17 aromatic rings. The van der Waals surface area contributed by atoms with E-state index in [0.717, 1.165) is 39.4 Å². The van der Waals surface area contributed by atoms with Gasteiger partial charge in [-0.15, -0.1) is 11.3 Å². The molecule has 0 radical (unpaired) electrons. The number of aryl methyl sites for hydroxylation is 7. The zero-order valence-electron chi connectivity index (χ0n) is 54.2. The van der Waals surface area contributed by atoms with Crippen LogP contribution in [-0.4, -0.2) is 24.5 Å². The number of para-hydroxylation sites is 4. The highest BCUT2D eigenvalue weighted by Crippen LogP contribution is 2.40. The lowest BCUT2D eigenvalue weighted by Crippen LogP contribution is -1.89. The molecule has 0 spiro atoms. The fraction of sp³-hybridized carbons (Fsp3) is 0.0805. The van der Waals surface area contributed by atoms with E-state index < -0.39 is 0 Å². The van der Waals surface area contributed by atoms with Gasteiger partial charge in [0, 0.05) is 113 Å². The van der Waals surface area contributed by atoms with Crippen LogP contribution in [-0.2, 0) is 7.05 Å². The minimum Gasteiger partial charge on any atom is -0.455 e. The lowest BCUT2D eigenvalue weighted by Gasteiger charge is -2.07. The first-order valence-corrected chi connectivity index (χ1v) is 32.4. The van der Waals surface area contributed by atoms with E-state index in [2.05, 4.69) is 264 Å². The predicted molar refractivity (Wildman–Crippen MR) is 401 cm³/mol. The number of nitrogens with zero attached hydrogens (tertiary/aromatic N) is 5. The maximum Gasteiger partial charge on any atom is 0.143 e. The molecule has 0 fully saturated rings. The first-order chi connectivity index (χ1) is 46.0. The van der Waals surface area contributed by atoms with Gasteiger partial charge in [-0.3, -0.25) is 19.9 Å². The summed E-state index contributed by atoms with van der Waals surface area (Å²) in [6.07, 6.45) is 8.97. The van der Waals surface area contributed by atoms with Crippen LogP contribution in [0.15, 0.2) is 333 Å². The van der Waals surface area contributed by atoms with Crippen molar-refractivity contribution in [2.45, 2.75) is 41.5 Å². The fourth-order valence-corrected chi connectivity index (χ4v) is 12.3. The molecule has 0 amide bonds. The largest absolute Gasteiger partial charge is 0.455 e. The van der Waals surface area contributed by atoms with Crippen LogP contribution in [0.1, 0.15) is 33.6 Å². The van der Waals surface area contributed by atoms with Crippen molar-refractivity contribution < 1.29 is 4.42 Å². The molecule has 0 aliphatic rings. The van der Waals surface area contributed by atoms with Crippen LogP contribution in [0.5, 0.6) is 0 Å². The minimum atomic E-state index is 0.946. The molecule has 6 nitrogen and oxygen atoms in total. The molecular formula is C87H75N5OS. The van der Waals surface area contributed by atoms with Gasteiger partial charge in [0.05, 0.1) is 5.69 Å². The molecule has 7 heterocycles. The molecule has 17 rings (SSSR count). The third kappa shape index (κ3) is 16.4. The number of hydrogen-bond donors (Lipinski definition) is 0. The van der Waals surface area contributed by atoms with E-state index in [9.17, 15) is 0 Å². The highest BCUT2D eigenvalue weighted by molar-refractivity contribution is 7.26. The van der Waals surface area contributed by atoms with E-state index >= 15 is 0 Å². The molecule has 0 atom stereocenters. The maximum atomic E-state index is 6.07. The van der Waals surface area contributed by atoms with E-state index in [0.29, 0.717) is 0 Å². The van der Waals surface area contributed by atoms with Crippen molar-refractivity contribution in [3.63, 3.8) is 0 Å². The number of rotatable bonds is 4. The van der Waals surface area contributed by atoms with Gasteiger partial charge in [-0.2, -0.15) is 0 Å². The zero-order chi connectivity index (χ0) is 65.0. The van der Waals surface area contributed by atoms with Gasteiger partial charge in [-0.1, -0.05) is 242 Å². The fourth-order valence-electron chi connectivity index (χ4n) is 11.1. The van der Waals surface area contributed by atoms with Crippen molar-refractivity contribution in [1.82, 2.24) is 24.5 Å². The molecule has 10 aromatic carbocycles. The number of pyridine rings is 4. The third-order valence-electron chi connectivity index (χ3n) is 16.0. The first-order valence-electron chi connectivity index (χ1n) is 31.6. The summed E-state index contributed by atoms with van der Waals surface area (Å²) in [5.74, 6) is 0. The smallest absolute Gasteiger partial charge is 0.143 e. The molecule has 0 bridgehead atoms. The van der Waals surface area contributed by atoms with Crippen LogP contribution >= 0.6 is 11.3 Å². The van der Waals surface area contributed by atoms with Crippen molar-refractivity contribution in [3.05, 3.63) is 362 Å². The Labute approximate surface area is 555 Å². The number of fused-ring (bicyclic) bond motifs is 9. The molecular weight excluding hydrogens is 1160 g/mol. The summed E-state index contributed by atoms with van der Waals surface area (Å²) in [7, 11) is 2.12. The SMILES string of the molecule is Cc1cc(-c2ccccc2)cc(-c2ccccc2)n1.Cc1ccc(-c2cccc3c2oc2ccccc23)cc1.Cc1ccc(-c2cccc3c2sc2ccccc23)cc1.Cc1ccccn1.Cc1cccnc1.Cc1ccncc1.Cn1c2ccccc2c2ccccc21. The number of furan rings is 1. The Morgan fingerprint density at radius 2 is 0.862 bits per heavy atom. The Balaban J connectivity index is 0.000000116. The van der Waals surface area contributed by atoms with E-state index in [1.807, 2.05) is 124 Å². The van der Waals surface area contributed by atoms with Gasteiger partial charge >= 0.3 is 0 Å². The number of benzene rings is 10. The molecule has 7 heteroatoms. The van der Waals surface area contributed by atoms with Crippen molar-refractivity contribution >= 4 is 75.3 Å².